The predicted octanol–water partition coefficient (Wildman–Crippen LogP) is 2.95. The van der Waals surface area contributed by atoms with Gasteiger partial charge in [0.05, 0.1) is 17.5 Å². The van der Waals surface area contributed by atoms with E-state index in [1.807, 2.05) is 4.90 Å². The molecule has 2 aliphatic heterocycles. The molecule has 39 heavy (non-hydrogen) atoms. The van der Waals surface area contributed by atoms with Gasteiger partial charge in [0.1, 0.15) is 17.2 Å². The van der Waals surface area contributed by atoms with E-state index in [9.17, 15) is 23.1 Å². The number of ether oxygens (including phenoxy) is 1. The minimum Gasteiger partial charge on any atom is -0.507 e. The molecule has 1 spiro atoms. The standard InChI is InChI=1S/C25H23F3N8O3/c1-34-7-4-24(5-8-34)13-35(14-24)23-30-12-17(31-32-23)21-18(37)10-15(11-19(21)39-22(38)25(26,27)28)16-2-3-20-29-6-9-36(20)33-16/h2-3,6,9-12,37H,4-5,7-8,13-14H2,1H3. The number of hydrogen-bond acceptors (Lipinski definition) is 10. The third-order valence-electron chi connectivity index (χ3n) is 7.26. The number of imidazole rings is 1. The number of carbonyl (C=O) groups excluding carboxylic acids is 1. The topological polar surface area (TPSA) is 122 Å². The molecule has 2 saturated heterocycles. The van der Waals surface area contributed by atoms with Crippen LogP contribution in [0.5, 0.6) is 11.5 Å². The summed E-state index contributed by atoms with van der Waals surface area (Å²) in [5, 5.41) is 23.5. The first-order valence-corrected chi connectivity index (χ1v) is 12.2. The number of fused-ring (bicyclic) bond motifs is 1. The maximum absolute atomic E-state index is 13.1. The van der Waals surface area contributed by atoms with Crippen LogP contribution >= 0.6 is 0 Å². The molecule has 6 rings (SSSR count). The SMILES string of the molecule is CN1CCC2(CC1)CN(c1ncc(-c3c(O)cc(-c4ccc5nccn5n4)cc3OC(=O)C(F)(F)F)nn1)C2. The number of halogens is 3. The summed E-state index contributed by atoms with van der Waals surface area (Å²) in [7, 11) is 2.10. The summed E-state index contributed by atoms with van der Waals surface area (Å²) >= 11 is 0. The van der Waals surface area contributed by atoms with Crippen LogP contribution in [0.15, 0.2) is 42.9 Å². The average molecular weight is 541 g/mol. The molecule has 0 unspecified atom stereocenters. The number of benzene rings is 1. The summed E-state index contributed by atoms with van der Waals surface area (Å²) in [6.45, 7) is 3.66. The van der Waals surface area contributed by atoms with Crippen molar-refractivity contribution in [2.75, 3.05) is 38.1 Å². The summed E-state index contributed by atoms with van der Waals surface area (Å²) in [5.41, 5.74) is 0.983. The molecule has 4 aromatic rings. The normalized spacial score (nSPS) is 17.4. The molecule has 3 aromatic heterocycles. The second kappa shape index (κ2) is 9.15. The van der Waals surface area contributed by atoms with Crippen LogP contribution in [-0.2, 0) is 4.79 Å². The number of rotatable bonds is 4. The predicted molar refractivity (Wildman–Crippen MR) is 132 cm³/mol. The third kappa shape index (κ3) is 4.71. The van der Waals surface area contributed by atoms with Crippen LogP contribution in [0.25, 0.3) is 28.2 Å². The number of piperidine rings is 1. The highest BCUT2D eigenvalue weighted by molar-refractivity contribution is 5.85. The van der Waals surface area contributed by atoms with Gasteiger partial charge in [0.15, 0.2) is 5.65 Å². The minimum absolute atomic E-state index is 0.0553. The van der Waals surface area contributed by atoms with Crippen LogP contribution in [0.1, 0.15) is 12.8 Å². The lowest BCUT2D eigenvalue weighted by atomic mass is 9.72. The monoisotopic (exact) mass is 540 g/mol. The van der Waals surface area contributed by atoms with Gasteiger partial charge in [-0.15, -0.1) is 10.2 Å². The van der Waals surface area contributed by atoms with Crippen molar-refractivity contribution in [1.82, 2.24) is 34.7 Å². The van der Waals surface area contributed by atoms with Gasteiger partial charge in [-0.1, -0.05) is 0 Å². The van der Waals surface area contributed by atoms with E-state index in [0.717, 1.165) is 39.0 Å². The van der Waals surface area contributed by atoms with E-state index < -0.39 is 23.6 Å². The van der Waals surface area contributed by atoms with Crippen molar-refractivity contribution in [1.29, 1.82) is 0 Å². The Hall–Kier alpha value is -4.33. The maximum Gasteiger partial charge on any atom is 0.491 e. The first-order chi connectivity index (χ1) is 18.6. The smallest absolute Gasteiger partial charge is 0.491 e. The number of alkyl halides is 3. The Labute approximate surface area is 219 Å². The summed E-state index contributed by atoms with van der Waals surface area (Å²) in [6, 6.07) is 5.69. The van der Waals surface area contributed by atoms with E-state index in [0.29, 0.717) is 17.3 Å². The fourth-order valence-corrected chi connectivity index (χ4v) is 5.06. The largest absolute Gasteiger partial charge is 0.507 e. The Morgan fingerprint density at radius 1 is 1.08 bits per heavy atom. The quantitative estimate of drug-likeness (QED) is 0.305. The molecule has 0 amide bonds. The van der Waals surface area contributed by atoms with E-state index in [-0.39, 0.29) is 22.2 Å². The zero-order valence-corrected chi connectivity index (χ0v) is 20.8. The van der Waals surface area contributed by atoms with Gasteiger partial charge in [-0.2, -0.15) is 18.3 Å². The Bertz CT molecular complexity index is 1540. The highest BCUT2D eigenvalue weighted by Gasteiger charge is 2.45. The van der Waals surface area contributed by atoms with E-state index in [1.54, 1.807) is 18.3 Å². The second-order valence-electron chi connectivity index (χ2n) is 10.0. The van der Waals surface area contributed by atoms with Gasteiger partial charge in [-0.05, 0) is 57.2 Å². The van der Waals surface area contributed by atoms with Crippen molar-refractivity contribution < 1.29 is 27.8 Å². The van der Waals surface area contributed by atoms with Crippen molar-refractivity contribution in [2.45, 2.75) is 19.0 Å². The average Bonchev–Trinajstić information content (AvgIpc) is 3.36. The molecule has 11 nitrogen and oxygen atoms in total. The summed E-state index contributed by atoms with van der Waals surface area (Å²) in [5.74, 6) is -3.10. The highest BCUT2D eigenvalue weighted by Crippen LogP contribution is 2.43. The maximum atomic E-state index is 13.1. The molecule has 0 aliphatic carbocycles. The van der Waals surface area contributed by atoms with Crippen molar-refractivity contribution in [3.8, 4) is 34.0 Å². The lowest BCUT2D eigenvalue weighted by molar-refractivity contribution is -0.189. The molecule has 0 bridgehead atoms. The molecule has 1 aromatic carbocycles. The molecule has 2 aliphatic rings. The van der Waals surface area contributed by atoms with E-state index in [2.05, 4.69) is 37.2 Å². The second-order valence-corrected chi connectivity index (χ2v) is 10.0. The fourth-order valence-electron chi connectivity index (χ4n) is 5.06. The van der Waals surface area contributed by atoms with Gasteiger partial charge in [-0.25, -0.2) is 19.3 Å². The van der Waals surface area contributed by atoms with Gasteiger partial charge in [0.2, 0.25) is 5.95 Å². The first kappa shape index (κ1) is 25.0. The zero-order chi connectivity index (χ0) is 27.4. The Morgan fingerprint density at radius 2 is 1.85 bits per heavy atom. The first-order valence-electron chi connectivity index (χ1n) is 12.2. The number of aromatic hydroxyl groups is 1. The van der Waals surface area contributed by atoms with Crippen LogP contribution in [0.2, 0.25) is 0 Å². The molecular formula is C25H23F3N8O3. The molecule has 14 heteroatoms. The summed E-state index contributed by atoms with van der Waals surface area (Å²) in [6.07, 6.45) is 1.33. The molecule has 2 fully saturated rings. The number of carbonyl (C=O) groups is 1. The van der Waals surface area contributed by atoms with Crippen LogP contribution in [0.4, 0.5) is 19.1 Å². The van der Waals surface area contributed by atoms with Gasteiger partial charge in [0.25, 0.3) is 0 Å². The minimum atomic E-state index is -5.26. The zero-order valence-electron chi connectivity index (χ0n) is 20.8. The molecule has 202 valence electrons. The number of anilines is 1. The van der Waals surface area contributed by atoms with Crippen molar-refractivity contribution in [3.63, 3.8) is 0 Å². The van der Waals surface area contributed by atoms with Gasteiger partial charge in [-0.3, -0.25) is 0 Å². The number of likely N-dealkylation sites (tertiary alicyclic amines) is 1. The highest BCUT2D eigenvalue weighted by atomic mass is 19.4. The molecule has 5 heterocycles. The number of aromatic nitrogens is 6. The Kier molecular flexibility index (Phi) is 5.86. The lowest BCUT2D eigenvalue weighted by Gasteiger charge is -2.53. The van der Waals surface area contributed by atoms with Crippen LogP contribution in [-0.4, -0.2) is 85.2 Å². The van der Waals surface area contributed by atoms with Crippen molar-refractivity contribution in [3.05, 3.63) is 42.9 Å². The van der Waals surface area contributed by atoms with Crippen molar-refractivity contribution in [2.24, 2.45) is 5.41 Å². The molecule has 0 atom stereocenters. The Morgan fingerprint density at radius 3 is 2.54 bits per heavy atom. The summed E-state index contributed by atoms with van der Waals surface area (Å²) in [4.78, 5) is 24.5. The third-order valence-corrected chi connectivity index (χ3v) is 7.26. The van der Waals surface area contributed by atoms with Gasteiger partial charge < -0.3 is 19.6 Å². The Balaban J connectivity index is 1.31. The van der Waals surface area contributed by atoms with Gasteiger partial charge in [0, 0.05) is 36.5 Å². The number of phenolic OH excluding ortho intramolecular Hbond substituents is 1. The molecule has 0 radical (unpaired) electrons. The van der Waals surface area contributed by atoms with E-state index in [4.69, 9.17) is 4.74 Å². The molecule has 1 N–H and O–H groups in total. The number of hydrogen-bond donors (Lipinski definition) is 1. The van der Waals surface area contributed by atoms with Gasteiger partial charge >= 0.3 is 12.1 Å². The number of esters is 1. The fraction of sp³-hybridized carbons (Fsp3) is 0.360. The number of nitrogens with zero attached hydrogens (tertiary/aromatic N) is 8. The lowest BCUT2D eigenvalue weighted by Crippen LogP contribution is -2.60. The molecular weight excluding hydrogens is 517 g/mol. The van der Waals surface area contributed by atoms with Crippen LogP contribution < -0.4 is 9.64 Å². The van der Waals surface area contributed by atoms with Crippen molar-refractivity contribution >= 4 is 17.6 Å². The molecule has 0 saturated carbocycles. The van der Waals surface area contributed by atoms with E-state index in [1.165, 1.54) is 29.0 Å². The van der Waals surface area contributed by atoms with E-state index >= 15 is 0 Å². The summed E-state index contributed by atoms with van der Waals surface area (Å²) < 4.78 is 45.4. The number of phenols is 1. The van der Waals surface area contributed by atoms with Crippen LogP contribution in [0, 0.1) is 5.41 Å². The van der Waals surface area contributed by atoms with Crippen LogP contribution in [0.3, 0.4) is 0 Å².